The molecule has 4 nitrogen and oxygen atoms in total. The Labute approximate surface area is 221 Å². The first-order valence-electron chi connectivity index (χ1n) is 12.7. The maximum Gasteiger partial charge on any atom is 0.0970 e. The third-order valence-corrected chi connectivity index (χ3v) is 7.09. The van der Waals surface area contributed by atoms with Crippen molar-refractivity contribution in [2.45, 2.75) is 0 Å². The van der Waals surface area contributed by atoms with Gasteiger partial charge >= 0.3 is 0 Å². The Balaban J connectivity index is 1.29. The van der Waals surface area contributed by atoms with Crippen molar-refractivity contribution in [3.8, 4) is 33.5 Å². The number of nitrogens with one attached hydrogen (secondary N) is 1. The van der Waals surface area contributed by atoms with E-state index in [1.165, 1.54) is 5.56 Å². The van der Waals surface area contributed by atoms with Crippen LogP contribution < -0.4 is 5.32 Å². The molecule has 6 aromatic rings. The lowest BCUT2D eigenvalue weighted by atomic mass is 9.95. The van der Waals surface area contributed by atoms with Gasteiger partial charge in [-0.1, -0.05) is 78.9 Å². The molecule has 0 unspecified atom stereocenters. The van der Waals surface area contributed by atoms with Gasteiger partial charge in [0.2, 0.25) is 0 Å². The van der Waals surface area contributed by atoms with Crippen LogP contribution in [0.15, 0.2) is 128 Å². The van der Waals surface area contributed by atoms with Crippen molar-refractivity contribution in [2.24, 2.45) is 0 Å². The van der Waals surface area contributed by atoms with Crippen LogP contribution in [0, 0.1) is 0 Å². The second kappa shape index (κ2) is 9.41. The minimum absolute atomic E-state index is 0.860. The van der Waals surface area contributed by atoms with E-state index >= 15 is 0 Å². The van der Waals surface area contributed by atoms with E-state index in [-0.39, 0.29) is 0 Å². The SMILES string of the molecule is C1=CCNC(c2ccc(-c3ccnc4c3ccc3c(-c5ccc(-c6ccccn6)cc5)ccnc34)cc2)=C1. The summed E-state index contributed by atoms with van der Waals surface area (Å²) in [7, 11) is 0. The second-order valence-electron chi connectivity index (χ2n) is 9.33. The summed E-state index contributed by atoms with van der Waals surface area (Å²) in [5.74, 6) is 0. The van der Waals surface area contributed by atoms with Gasteiger partial charge in [0.25, 0.3) is 0 Å². The van der Waals surface area contributed by atoms with Crippen LogP contribution in [0.1, 0.15) is 5.56 Å². The molecular weight excluding hydrogens is 464 g/mol. The van der Waals surface area contributed by atoms with Gasteiger partial charge in [-0.3, -0.25) is 15.0 Å². The van der Waals surface area contributed by atoms with Crippen molar-refractivity contribution >= 4 is 27.5 Å². The first kappa shape index (κ1) is 22.1. The molecule has 1 aliphatic heterocycles. The summed E-state index contributed by atoms with van der Waals surface area (Å²) in [5.41, 5.74) is 10.8. The van der Waals surface area contributed by atoms with Crippen molar-refractivity contribution in [3.63, 3.8) is 0 Å². The summed E-state index contributed by atoms with van der Waals surface area (Å²) in [6.45, 7) is 0.860. The number of benzene rings is 3. The van der Waals surface area contributed by atoms with Crippen LogP contribution in [0.4, 0.5) is 0 Å². The van der Waals surface area contributed by atoms with Gasteiger partial charge < -0.3 is 5.32 Å². The molecule has 1 N–H and O–H groups in total. The first-order chi connectivity index (χ1) is 18.8. The number of hydrogen-bond acceptors (Lipinski definition) is 4. The molecule has 3 aromatic carbocycles. The summed E-state index contributed by atoms with van der Waals surface area (Å²) in [6, 6.07) is 31.8. The zero-order valence-corrected chi connectivity index (χ0v) is 20.7. The number of pyridine rings is 3. The molecule has 4 heterocycles. The highest BCUT2D eigenvalue weighted by molar-refractivity contribution is 6.11. The summed E-state index contributed by atoms with van der Waals surface area (Å²) < 4.78 is 0. The lowest BCUT2D eigenvalue weighted by Gasteiger charge is -2.14. The number of hydrogen-bond donors (Lipinski definition) is 1. The zero-order chi connectivity index (χ0) is 25.3. The van der Waals surface area contributed by atoms with Crippen LogP contribution in [0.25, 0.3) is 61.0 Å². The van der Waals surface area contributed by atoms with Crippen molar-refractivity contribution in [3.05, 3.63) is 133 Å². The third kappa shape index (κ3) is 3.93. The van der Waals surface area contributed by atoms with E-state index in [1.807, 2.05) is 36.8 Å². The van der Waals surface area contributed by atoms with Gasteiger partial charge in [0, 0.05) is 47.2 Å². The Morgan fingerprint density at radius 1 is 0.526 bits per heavy atom. The Bertz CT molecular complexity index is 1830. The predicted molar refractivity (Wildman–Crippen MR) is 156 cm³/mol. The van der Waals surface area contributed by atoms with Crippen molar-refractivity contribution < 1.29 is 0 Å². The smallest absolute Gasteiger partial charge is 0.0970 e. The van der Waals surface area contributed by atoms with Crippen molar-refractivity contribution in [1.29, 1.82) is 0 Å². The highest BCUT2D eigenvalue weighted by Gasteiger charge is 2.13. The molecule has 38 heavy (non-hydrogen) atoms. The van der Waals surface area contributed by atoms with Gasteiger partial charge in [0.1, 0.15) is 0 Å². The van der Waals surface area contributed by atoms with Crippen LogP contribution >= 0.6 is 0 Å². The molecule has 4 heteroatoms. The second-order valence-corrected chi connectivity index (χ2v) is 9.33. The van der Waals surface area contributed by atoms with Crippen molar-refractivity contribution in [1.82, 2.24) is 20.3 Å². The average Bonchev–Trinajstić information content (AvgIpc) is 3.01. The zero-order valence-electron chi connectivity index (χ0n) is 20.7. The molecule has 180 valence electrons. The molecule has 0 radical (unpaired) electrons. The van der Waals surface area contributed by atoms with Gasteiger partial charge in [-0.25, -0.2) is 0 Å². The average molecular weight is 489 g/mol. The van der Waals surface area contributed by atoms with Crippen LogP contribution in [-0.4, -0.2) is 21.5 Å². The van der Waals surface area contributed by atoms with Gasteiger partial charge in [-0.15, -0.1) is 0 Å². The van der Waals surface area contributed by atoms with E-state index in [0.717, 1.165) is 67.6 Å². The normalized spacial score (nSPS) is 12.9. The Hall–Kier alpha value is -5.09. The summed E-state index contributed by atoms with van der Waals surface area (Å²) in [4.78, 5) is 14.0. The largest absolute Gasteiger partial charge is 0.381 e. The van der Waals surface area contributed by atoms with Gasteiger partial charge in [-0.2, -0.15) is 0 Å². The fourth-order valence-electron chi connectivity index (χ4n) is 5.17. The minimum Gasteiger partial charge on any atom is -0.381 e. The Morgan fingerprint density at radius 3 is 1.68 bits per heavy atom. The predicted octanol–water partition coefficient (Wildman–Crippen LogP) is 7.68. The van der Waals surface area contributed by atoms with E-state index in [2.05, 4.69) is 101 Å². The quantitative estimate of drug-likeness (QED) is 0.259. The lowest BCUT2D eigenvalue weighted by molar-refractivity contribution is 0.996. The maximum atomic E-state index is 4.78. The molecule has 7 rings (SSSR count). The molecule has 0 bridgehead atoms. The number of dihydropyridines is 1. The van der Waals surface area contributed by atoms with Crippen LogP contribution in [-0.2, 0) is 0 Å². The third-order valence-electron chi connectivity index (χ3n) is 7.09. The lowest BCUT2D eigenvalue weighted by Crippen LogP contribution is -2.14. The van der Waals surface area contributed by atoms with E-state index in [9.17, 15) is 0 Å². The number of rotatable bonds is 4. The number of fused-ring (bicyclic) bond motifs is 3. The van der Waals surface area contributed by atoms with Gasteiger partial charge in [0.05, 0.1) is 16.7 Å². The molecule has 0 spiro atoms. The first-order valence-corrected chi connectivity index (χ1v) is 12.7. The molecular formula is C34H24N4. The molecule has 3 aromatic heterocycles. The Kier molecular flexibility index (Phi) is 5.48. The topological polar surface area (TPSA) is 50.7 Å². The van der Waals surface area contributed by atoms with E-state index in [4.69, 9.17) is 9.97 Å². The highest BCUT2D eigenvalue weighted by atomic mass is 14.9. The van der Waals surface area contributed by atoms with Gasteiger partial charge in [0.15, 0.2) is 0 Å². The molecule has 1 aliphatic rings. The molecule has 0 saturated carbocycles. The van der Waals surface area contributed by atoms with E-state index < -0.39 is 0 Å². The fraction of sp³-hybridized carbons (Fsp3) is 0.0294. The summed E-state index contributed by atoms with van der Waals surface area (Å²) in [6.07, 6.45) is 11.9. The summed E-state index contributed by atoms with van der Waals surface area (Å²) in [5, 5.41) is 5.62. The fourth-order valence-corrected chi connectivity index (χ4v) is 5.17. The van der Waals surface area contributed by atoms with Gasteiger partial charge in [-0.05, 0) is 58.2 Å². The number of allylic oxidation sites excluding steroid dienone is 2. The Morgan fingerprint density at radius 2 is 1.13 bits per heavy atom. The number of aromatic nitrogens is 3. The highest BCUT2D eigenvalue weighted by Crippen LogP contribution is 2.35. The summed E-state index contributed by atoms with van der Waals surface area (Å²) >= 11 is 0. The molecule has 0 atom stereocenters. The minimum atomic E-state index is 0.860. The van der Waals surface area contributed by atoms with Crippen LogP contribution in [0.2, 0.25) is 0 Å². The molecule has 0 amide bonds. The van der Waals surface area contributed by atoms with E-state index in [0.29, 0.717) is 0 Å². The van der Waals surface area contributed by atoms with Crippen LogP contribution in [0.3, 0.4) is 0 Å². The molecule has 0 saturated heterocycles. The van der Waals surface area contributed by atoms with E-state index in [1.54, 1.807) is 0 Å². The molecule has 0 aliphatic carbocycles. The molecule has 0 fully saturated rings. The van der Waals surface area contributed by atoms with Crippen molar-refractivity contribution in [2.75, 3.05) is 6.54 Å². The number of nitrogens with zero attached hydrogens (tertiary/aromatic N) is 3. The monoisotopic (exact) mass is 488 g/mol. The maximum absolute atomic E-state index is 4.78. The standard InChI is InChI=1S/C34H24N4/c1-3-19-35-31(5-1)25-11-7-23(8-12-25)27-17-21-37-33-29(27)15-16-30-28(18-22-38-34(30)33)24-9-13-26(14-10-24)32-6-2-4-20-36-32/h1-19,21-22,36H,20H2. The van der Waals surface area contributed by atoms with Crippen LogP contribution in [0.5, 0.6) is 0 Å².